The summed E-state index contributed by atoms with van der Waals surface area (Å²) in [5, 5.41) is 16.1. The van der Waals surface area contributed by atoms with Crippen LogP contribution in [0.3, 0.4) is 0 Å². The van der Waals surface area contributed by atoms with Gasteiger partial charge in [0.05, 0.1) is 5.69 Å². The molecule has 2 heterocycles. The van der Waals surface area contributed by atoms with Crippen LogP contribution in [0.2, 0.25) is 5.02 Å². The minimum Gasteiger partial charge on any atom is -0.475 e. The molecule has 0 atom stereocenters. The Balaban J connectivity index is 0.000000451. The van der Waals surface area contributed by atoms with Crippen molar-refractivity contribution in [3.8, 4) is 11.3 Å². The molecule has 0 aliphatic heterocycles. The first-order chi connectivity index (χ1) is 15.0. The number of benzene rings is 1. The summed E-state index contributed by atoms with van der Waals surface area (Å²) in [6.45, 7) is 0.0598. The van der Waals surface area contributed by atoms with Crippen LogP contribution in [-0.4, -0.2) is 38.3 Å². The molecule has 0 aliphatic carbocycles. The highest BCUT2D eigenvalue weighted by Gasteiger charge is 2.38. The number of carbonyl (C=O) groups is 2. The number of hydrogen-bond donors (Lipinski definition) is 3. The zero-order valence-corrected chi connectivity index (χ0v) is 16.5. The van der Waals surface area contributed by atoms with Gasteiger partial charge in [0.1, 0.15) is 11.4 Å². The number of pyridine rings is 1. The minimum atomic E-state index is -5.08. The van der Waals surface area contributed by atoms with Gasteiger partial charge in [0.2, 0.25) is 0 Å². The number of carbonyl (C=O) groups excluding carboxylic acids is 1. The van der Waals surface area contributed by atoms with E-state index in [-0.39, 0.29) is 17.1 Å². The highest BCUT2D eigenvalue weighted by molar-refractivity contribution is 6.31. The van der Waals surface area contributed by atoms with Gasteiger partial charge >= 0.3 is 12.1 Å². The first kappa shape index (κ1) is 24.5. The van der Waals surface area contributed by atoms with E-state index in [4.69, 9.17) is 21.5 Å². The van der Waals surface area contributed by atoms with Gasteiger partial charge in [-0.2, -0.15) is 18.3 Å². The number of rotatable bonds is 4. The van der Waals surface area contributed by atoms with E-state index >= 15 is 0 Å². The molecule has 13 heteroatoms. The van der Waals surface area contributed by atoms with Gasteiger partial charge in [-0.05, 0) is 35.9 Å². The third-order valence-corrected chi connectivity index (χ3v) is 4.07. The second kappa shape index (κ2) is 10.5. The highest BCUT2D eigenvalue weighted by Crippen LogP contribution is 2.18. The number of aromatic nitrogens is 3. The van der Waals surface area contributed by atoms with Crippen molar-refractivity contribution in [1.29, 1.82) is 0 Å². The lowest BCUT2D eigenvalue weighted by molar-refractivity contribution is -0.192. The van der Waals surface area contributed by atoms with Gasteiger partial charge in [-0.1, -0.05) is 17.7 Å². The maximum Gasteiger partial charge on any atom is 0.490 e. The van der Waals surface area contributed by atoms with Crippen LogP contribution in [0.1, 0.15) is 15.9 Å². The molecule has 3 aromatic rings. The van der Waals surface area contributed by atoms with Gasteiger partial charge in [0.25, 0.3) is 11.5 Å². The van der Waals surface area contributed by atoms with Crippen LogP contribution in [-0.2, 0) is 11.3 Å². The predicted octanol–water partition coefficient (Wildman–Crippen LogP) is 3.19. The van der Waals surface area contributed by atoms with E-state index < -0.39 is 29.4 Å². The van der Waals surface area contributed by atoms with E-state index in [1.54, 1.807) is 24.5 Å². The quantitative estimate of drug-likeness (QED) is 0.501. The van der Waals surface area contributed by atoms with E-state index in [0.717, 1.165) is 6.07 Å². The molecule has 0 unspecified atom stereocenters. The summed E-state index contributed by atoms with van der Waals surface area (Å²) in [7, 11) is 0. The lowest BCUT2D eigenvalue weighted by Gasteiger charge is -2.07. The summed E-state index contributed by atoms with van der Waals surface area (Å²) in [6.07, 6.45) is -1.92. The van der Waals surface area contributed by atoms with Crippen LogP contribution in [0.4, 0.5) is 17.6 Å². The molecule has 32 heavy (non-hydrogen) atoms. The van der Waals surface area contributed by atoms with Gasteiger partial charge < -0.3 is 10.4 Å². The number of nitrogens with one attached hydrogen (secondary N) is 2. The lowest BCUT2D eigenvalue weighted by Crippen LogP contribution is -2.29. The van der Waals surface area contributed by atoms with E-state index in [9.17, 15) is 27.2 Å². The lowest BCUT2D eigenvalue weighted by atomic mass is 10.1. The first-order valence-electron chi connectivity index (χ1n) is 8.51. The molecule has 3 rings (SSSR count). The molecular weight excluding hydrogens is 460 g/mol. The van der Waals surface area contributed by atoms with Gasteiger partial charge in [-0.25, -0.2) is 14.3 Å². The number of amides is 1. The summed E-state index contributed by atoms with van der Waals surface area (Å²) in [4.78, 5) is 37.0. The van der Waals surface area contributed by atoms with E-state index in [1.807, 2.05) is 0 Å². The zero-order chi connectivity index (χ0) is 23.9. The van der Waals surface area contributed by atoms with Crippen molar-refractivity contribution in [2.45, 2.75) is 12.7 Å². The number of nitrogens with zero attached hydrogens (tertiary/aromatic N) is 2. The average Bonchev–Trinajstić information content (AvgIpc) is 2.73. The maximum atomic E-state index is 13.0. The number of aromatic amines is 1. The summed E-state index contributed by atoms with van der Waals surface area (Å²) in [6, 6.07) is 8.69. The number of alkyl halides is 3. The Hall–Kier alpha value is -3.80. The SMILES string of the molecule is O=C(NCc1ccc(F)cc1Cl)c1cc(-c2ccncc2)n[nH]c1=O.O=C(O)C(F)(F)F. The fourth-order valence-electron chi connectivity index (χ4n) is 2.18. The Labute approximate surface area is 181 Å². The van der Waals surface area contributed by atoms with Crippen LogP contribution >= 0.6 is 11.6 Å². The monoisotopic (exact) mass is 472 g/mol. The Morgan fingerprint density at radius 3 is 2.31 bits per heavy atom. The standard InChI is InChI=1S/C17H12ClFN4O2.C2HF3O2/c18-14-7-12(19)2-1-11(14)9-21-16(24)13-8-15(22-23-17(13)25)10-3-5-20-6-4-10;3-2(4,5)1(6)7/h1-8H,9H2,(H,21,24)(H,23,25);(H,6,7). The molecular formula is C19H13ClF4N4O4. The number of aliphatic carboxylic acids is 1. The first-order valence-corrected chi connectivity index (χ1v) is 8.89. The molecule has 8 nitrogen and oxygen atoms in total. The third-order valence-electron chi connectivity index (χ3n) is 3.72. The van der Waals surface area contributed by atoms with Crippen LogP contribution < -0.4 is 10.9 Å². The van der Waals surface area contributed by atoms with E-state index in [1.165, 1.54) is 18.2 Å². The molecule has 0 saturated carbocycles. The smallest absolute Gasteiger partial charge is 0.475 e. The Morgan fingerprint density at radius 2 is 1.75 bits per heavy atom. The maximum absolute atomic E-state index is 13.0. The normalized spacial score (nSPS) is 10.7. The molecule has 168 valence electrons. The molecule has 0 spiro atoms. The zero-order valence-electron chi connectivity index (χ0n) is 15.8. The molecule has 0 bridgehead atoms. The van der Waals surface area contributed by atoms with Crippen molar-refractivity contribution in [2.75, 3.05) is 0 Å². The summed E-state index contributed by atoms with van der Waals surface area (Å²) in [5.74, 6) is -3.81. The number of carboxylic acids is 1. The van der Waals surface area contributed by atoms with Crippen molar-refractivity contribution >= 4 is 23.5 Å². The minimum absolute atomic E-state index is 0.0598. The number of hydrogen-bond acceptors (Lipinski definition) is 5. The van der Waals surface area contributed by atoms with Crippen molar-refractivity contribution in [1.82, 2.24) is 20.5 Å². The van der Waals surface area contributed by atoms with Crippen LogP contribution in [0.25, 0.3) is 11.3 Å². The van der Waals surface area contributed by atoms with Crippen molar-refractivity contribution in [3.63, 3.8) is 0 Å². The van der Waals surface area contributed by atoms with Crippen molar-refractivity contribution in [2.24, 2.45) is 0 Å². The summed E-state index contributed by atoms with van der Waals surface area (Å²) in [5.41, 5.74) is 0.991. The second-order valence-electron chi connectivity index (χ2n) is 5.95. The molecule has 0 aliphatic rings. The summed E-state index contributed by atoms with van der Waals surface area (Å²) >= 11 is 5.92. The van der Waals surface area contributed by atoms with Crippen LogP contribution in [0.5, 0.6) is 0 Å². The van der Waals surface area contributed by atoms with Gasteiger partial charge in [-0.3, -0.25) is 14.6 Å². The van der Waals surface area contributed by atoms with Gasteiger partial charge in [-0.15, -0.1) is 0 Å². The third kappa shape index (κ3) is 6.87. The topological polar surface area (TPSA) is 125 Å². The van der Waals surface area contributed by atoms with Gasteiger partial charge in [0, 0.05) is 29.5 Å². The Morgan fingerprint density at radius 1 is 1.12 bits per heavy atom. The summed E-state index contributed by atoms with van der Waals surface area (Å²) < 4.78 is 44.8. The van der Waals surface area contributed by atoms with Crippen LogP contribution in [0, 0.1) is 5.82 Å². The number of halogens is 5. The number of H-pyrrole nitrogens is 1. The van der Waals surface area contributed by atoms with Gasteiger partial charge in [0.15, 0.2) is 0 Å². The number of carboxylic acid groups (broad SMARTS) is 1. The molecule has 0 radical (unpaired) electrons. The predicted molar refractivity (Wildman–Crippen MR) is 104 cm³/mol. The molecule has 0 saturated heterocycles. The van der Waals surface area contributed by atoms with Crippen molar-refractivity contribution in [3.05, 3.63) is 81.1 Å². The average molecular weight is 473 g/mol. The Bertz CT molecular complexity index is 1170. The highest BCUT2D eigenvalue weighted by atomic mass is 35.5. The molecule has 1 amide bonds. The second-order valence-corrected chi connectivity index (χ2v) is 6.36. The molecule has 3 N–H and O–H groups in total. The largest absolute Gasteiger partial charge is 0.490 e. The fourth-order valence-corrected chi connectivity index (χ4v) is 2.41. The van der Waals surface area contributed by atoms with E-state index in [0.29, 0.717) is 16.8 Å². The Kier molecular flexibility index (Phi) is 8.02. The van der Waals surface area contributed by atoms with Crippen LogP contribution in [0.15, 0.2) is 53.6 Å². The fraction of sp³-hybridized carbons (Fsp3) is 0.105. The molecule has 2 aromatic heterocycles. The molecule has 0 fully saturated rings. The molecule has 1 aromatic carbocycles. The van der Waals surface area contributed by atoms with E-state index in [2.05, 4.69) is 20.5 Å². The van der Waals surface area contributed by atoms with Crippen molar-refractivity contribution < 1.29 is 32.3 Å².